The van der Waals surface area contributed by atoms with Gasteiger partial charge < -0.3 is 14.8 Å². The minimum absolute atomic E-state index is 0.266. The number of rotatable bonds is 4. The van der Waals surface area contributed by atoms with Crippen LogP contribution in [0.15, 0.2) is 12.1 Å². The number of nitrogens with zero attached hydrogens (tertiary/aromatic N) is 1. The Morgan fingerprint density at radius 2 is 2.30 bits per heavy atom. The first-order valence-electron chi connectivity index (χ1n) is 7.30. The van der Waals surface area contributed by atoms with Crippen LogP contribution in [-0.2, 0) is 6.54 Å². The summed E-state index contributed by atoms with van der Waals surface area (Å²) in [5.41, 5.74) is 1.19. The van der Waals surface area contributed by atoms with E-state index in [0.717, 1.165) is 31.9 Å². The number of hydrogen-bond donors (Lipinski definition) is 1. The molecule has 1 saturated heterocycles. The normalized spacial score (nSPS) is 21.4. The number of halogens is 1. The largest absolute Gasteiger partial charge is 0.454 e. The van der Waals surface area contributed by atoms with E-state index in [4.69, 9.17) is 21.1 Å². The minimum atomic E-state index is 0.266. The van der Waals surface area contributed by atoms with Crippen LogP contribution in [0.4, 0.5) is 0 Å². The molecule has 5 heteroatoms. The SMILES string of the molecule is CCN(Cc1cc(Cl)c2c(c1)OCO2)C1CCCNC1. The van der Waals surface area contributed by atoms with Crippen LogP contribution in [0.1, 0.15) is 25.3 Å². The lowest BCUT2D eigenvalue weighted by atomic mass is 10.0. The second-order valence-corrected chi connectivity index (χ2v) is 5.78. The second-order valence-electron chi connectivity index (χ2n) is 5.37. The van der Waals surface area contributed by atoms with E-state index in [9.17, 15) is 0 Å². The molecule has 2 aliphatic rings. The van der Waals surface area contributed by atoms with Gasteiger partial charge in [0.25, 0.3) is 0 Å². The molecule has 1 N–H and O–H groups in total. The zero-order valence-electron chi connectivity index (χ0n) is 11.8. The summed E-state index contributed by atoms with van der Waals surface area (Å²) in [6, 6.07) is 4.65. The number of hydrogen-bond acceptors (Lipinski definition) is 4. The minimum Gasteiger partial charge on any atom is -0.454 e. The maximum atomic E-state index is 6.25. The van der Waals surface area contributed by atoms with Crippen LogP contribution >= 0.6 is 11.6 Å². The Kier molecular flexibility index (Phi) is 4.34. The van der Waals surface area contributed by atoms with Gasteiger partial charge in [-0.1, -0.05) is 18.5 Å². The lowest BCUT2D eigenvalue weighted by Gasteiger charge is -2.34. The van der Waals surface area contributed by atoms with Crippen molar-refractivity contribution in [2.24, 2.45) is 0 Å². The number of piperidine rings is 1. The third-order valence-corrected chi connectivity index (χ3v) is 4.35. The summed E-state index contributed by atoms with van der Waals surface area (Å²) in [5.74, 6) is 1.45. The van der Waals surface area contributed by atoms with Crippen molar-refractivity contribution in [3.8, 4) is 11.5 Å². The Morgan fingerprint density at radius 3 is 3.05 bits per heavy atom. The Labute approximate surface area is 125 Å². The molecule has 110 valence electrons. The van der Waals surface area contributed by atoms with Gasteiger partial charge in [0.05, 0.1) is 5.02 Å². The van der Waals surface area contributed by atoms with E-state index in [-0.39, 0.29) is 6.79 Å². The molecule has 0 bridgehead atoms. The fourth-order valence-electron chi connectivity index (χ4n) is 2.99. The summed E-state index contributed by atoms with van der Waals surface area (Å²) in [6.07, 6.45) is 2.52. The zero-order valence-corrected chi connectivity index (χ0v) is 12.6. The average molecular weight is 297 g/mol. The summed E-state index contributed by atoms with van der Waals surface area (Å²) in [7, 11) is 0. The highest BCUT2D eigenvalue weighted by Gasteiger charge is 2.22. The summed E-state index contributed by atoms with van der Waals surface area (Å²) in [5, 5.41) is 4.12. The number of nitrogens with one attached hydrogen (secondary N) is 1. The van der Waals surface area contributed by atoms with E-state index in [1.54, 1.807) is 0 Å². The fraction of sp³-hybridized carbons (Fsp3) is 0.600. The van der Waals surface area contributed by atoms with Crippen molar-refractivity contribution in [1.29, 1.82) is 0 Å². The van der Waals surface area contributed by atoms with Gasteiger partial charge in [-0.3, -0.25) is 4.90 Å². The molecule has 1 fully saturated rings. The van der Waals surface area contributed by atoms with Crippen LogP contribution < -0.4 is 14.8 Å². The van der Waals surface area contributed by atoms with E-state index >= 15 is 0 Å². The first kappa shape index (κ1) is 14.0. The summed E-state index contributed by atoms with van der Waals surface area (Å²) >= 11 is 6.25. The molecule has 0 spiro atoms. The second kappa shape index (κ2) is 6.20. The van der Waals surface area contributed by atoms with Gasteiger partial charge in [-0.2, -0.15) is 0 Å². The first-order chi connectivity index (χ1) is 9.78. The predicted octanol–water partition coefficient (Wildman–Crippen LogP) is 2.64. The molecular formula is C15H21ClN2O2. The first-order valence-corrected chi connectivity index (χ1v) is 7.68. The van der Waals surface area contributed by atoms with Gasteiger partial charge in [-0.05, 0) is 43.6 Å². The molecule has 2 aliphatic heterocycles. The molecule has 4 nitrogen and oxygen atoms in total. The molecule has 2 heterocycles. The molecule has 0 radical (unpaired) electrons. The Hall–Kier alpha value is -0.970. The quantitative estimate of drug-likeness (QED) is 0.926. The summed E-state index contributed by atoms with van der Waals surface area (Å²) in [6.45, 7) is 6.64. The molecule has 1 unspecified atom stereocenters. The lowest BCUT2D eigenvalue weighted by molar-refractivity contribution is 0.165. The van der Waals surface area contributed by atoms with E-state index in [0.29, 0.717) is 16.8 Å². The van der Waals surface area contributed by atoms with Crippen molar-refractivity contribution >= 4 is 11.6 Å². The molecule has 1 aromatic rings. The van der Waals surface area contributed by atoms with Crippen molar-refractivity contribution < 1.29 is 9.47 Å². The highest BCUT2D eigenvalue weighted by molar-refractivity contribution is 6.32. The maximum absolute atomic E-state index is 6.25. The predicted molar refractivity (Wildman–Crippen MR) is 79.6 cm³/mol. The van der Waals surface area contributed by atoms with Crippen LogP contribution in [0.3, 0.4) is 0 Å². The number of benzene rings is 1. The third-order valence-electron chi connectivity index (χ3n) is 4.07. The van der Waals surface area contributed by atoms with Crippen molar-refractivity contribution in [3.05, 3.63) is 22.7 Å². The molecule has 0 saturated carbocycles. The van der Waals surface area contributed by atoms with Crippen molar-refractivity contribution in [1.82, 2.24) is 10.2 Å². The highest BCUT2D eigenvalue weighted by atomic mass is 35.5. The van der Waals surface area contributed by atoms with Crippen LogP contribution in [0.5, 0.6) is 11.5 Å². The Balaban J connectivity index is 1.74. The average Bonchev–Trinajstić information content (AvgIpc) is 2.94. The molecule has 20 heavy (non-hydrogen) atoms. The van der Waals surface area contributed by atoms with Crippen molar-refractivity contribution in [2.45, 2.75) is 32.4 Å². The van der Waals surface area contributed by atoms with Crippen LogP contribution in [-0.4, -0.2) is 37.4 Å². The van der Waals surface area contributed by atoms with Gasteiger partial charge in [0, 0.05) is 19.1 Å². The lowest BCUT2D eigenvalue weighted by Crippen LogP contribution is -2.45. The standard InChI is InChI=1S/C15H21ClN2O2/c1-2-18(12-4-3-5-17-8-12)9-11-6-13(16)15-14(7-11)19-10-20-15/h6-7,12,17H,2-5,8-10H2,1H3. The van der Waals surface area contributed by atoms with E-state index in [1.807, 2.05) is 12.1 Å². The monoisotopic (exact) mass is 296 g/mol. The van der Waals surface area contributed by atoms with Crippen LogP contribution in [0.25, 0.3) is 0 Å². The third kappa shape index (κ3) is 2.87. The summed E-state index contributed by atoms with van der Waals surface area (Å²) in [4.78, 5) is 2.50. The van der Waals surface area contributed by atoms with Gasteiger partial charge in [0.15, 0.2) is 11.5 Å². The van der Waals surface area contributed by atoms with E-state index < -0.39 is 0 Å². The molecule has 1 atom stereocenters. The Bertz CT molecular complexity index is 475. The van der Waals surface area contributed by atoms with Crippen LogP contribution in [0, 0.1) is 0 Å². The van der Waals surface area contributed by atoms with Gasteiger partial charge in [0.1, 0.15) is 0 Å². The van der Waals surface area contributed by atoms with Gasteiger partial charge in [-0.15, -0.1) is 0 Å². The van der Waals surface area contributed by atoms with E-state index in [2.05, 4.69) is 17.1 Å². The number of fused-ring (bicyclic) bond motifs is 1. The fourth-order valence-corrected chi connectivity index (χ4v) is 3.28. The van der Waals surface area contributed by atoms with Crippen LogP contribution in [0.2, 0.25) is 5.02 Å². The topological polar surface area (TPSA) is 33.7 Å². The van der Waals surface area contributed by atoms with Gasteiger partial charge >= 0.3 is 0 Å². The molecule has 1 aromatic carbocycles. The number of ether oxygens (including phenoxy) is 2. The van der Waals surface area contributed by atoms with Gasteiger partial charge in [0.2, 0.25) is 6.79 Å². The van der Waals surface area contributed by atoms with Crippen molar-refractivity contribution in [2.75, 3.05) is 26.4 Å². The highest BCUT2D eigenvalue weighted by Crippen LogP contribution is 2.40. The number of likely N-dealkylation sites (N-methyl/N-ethyl adjacent to an activating group) is 1. The van der Waals surface area contributed by atoms with Gasteiger partial charge in [-0.25, -0.2) is 0 Å². The molecule has 0 aliphatic carbocycles. The molecule has 0 amide bonds. The molecular weight excluding hydrogens is 276 g/mol. The zero-order chi connectivity index (χ0) is 13.9. The van der Waals surface area contributed by atoms with Crippen molar-refractivity contribution in [3.63, 3.8) is 0 Å². The Morgan fingerprint density at radius 1 is 1.40 bits per heavy atom. The summed E-state index contributed by atoms with van der Waals surface area (Å²) < 4.78 is 10.8. The van der Waals surface area contributed by atoms with E-state index in [1.165, 1.54) is 18.4 Å². The smallest absolute Gasteiger partial charge is 0.231 e. The molecule has 0 aromatic heterocycles. The maximum Gasteiger partial charge on any atom is 0.231 e. The molecule has 3 rings (SSSR count).